The van der Waals surface area contributed by atoms with Crippen molar-refractivity contribution >= 4 is 17.9 Å². The number of rotatable bonds is 6. The first-order valence-corrected chi connectivity index (χ1v) is 5.72. The smallest absolute Gasteiger partial charge is 0.225 e. The van der Waals surface area contributed by atoms with Crippen molar-refractivity contribution in [2.75, 3.05) is 13.6 Å². The fourth-order valence-corrected chi connectivity index (χ4v) is 1.09. The maximum absolute atomic E-state index is 11.6. The van der Waals surface area contributed by atoms with Crippen molar-refractivity contribution in [2.24, 2.45) is 5.92 Å². The van der Waals surface area contributed by atoms with E-state index in [0.29, 0.717) is 19.4 Å². The van der Waals surface area contributed by atoms with Crippen LogP contribution in [-0.4, -0.2) is 36.4 Å². The Balaban J connectivity index is 0. The third-order valence-corrected chi connectivity index (χ3v) is 2.07. The number of Topliss-reactive ketones (excluding diaryl/α,β-unsaturated/α-hetero) is 1. The fourth-order valence-electron chi connectivity index (χ4n) is 1.09. The minimum absolute atomic E-state index is 0.00486. The Labute approximate surface area is 98.5 Å². The van der Waals surface area contributed by atoms with Crippen LogP contribution in [0.25, 0.3) is 0 Å². The van der Waals surface area contributed by atoms with Gasteiger partial charge >= 0.3 is 0 Å². The Kier molecular flexibility index (Phi) is 11.1. The van der Waals surface area contributed by atoms with Gasteiger partial charge in [-0.1, -0.05) is 20.8 Å². The number of carbonyl (C=O) groups excluding carboxylic acids is 2. The monoisotopic (exact) mass is 228 g/mol. The Morgan fingerprint density at radius 3 is 2.25 bits per heavy atom. The SMILES string of the molecule is CC.CC(=O)CCN(C)C(=O)C(C)CC=N. The maximum Gasteiger partial charge on any atom is 0.225 e. The second-order valence-electron chi connectivity index (χ2n) is 3.55. The molecule has 1 unspecified atom stereocenters. The zero-order valence-electron chi connectivity index (χ0n) is 11.0. The molecule has 0 saturated carbocycles. The van der Waals surface area contributed by atoms with Crippen molar-refractivity contribution in [3.05, 3.63) is 0 Å². The second kappa shape index (κ2) is 10.3. The van der Waals surface area contributed by atoms with Crippen LogP contribution in [0.5, 0.6) is 0 Å². The van der Waals surface area contributed by atoms with Crippen molar-refractivity contribution < 1.29 is 9.59 Å². The van der Waals surface area contributed by atoms with E-state index in [-0.39, 0.29) is 17.6 Å². The number of ketones is 1. The molecule has 0 heterocycles. The predicted molar refractivity (Wildman–Crippen MR) is 66.8 cm³/mol. The first-order chi connectivity index (χ1) is 7.49. The van der Waals surface area contributed by atoms with E-state index in [1.807, 2.05) is 13.8 Å². The molecular weight excluding hydrogens is 204 g/mol. The number of carbonyl (C=O) groups is 2. The van der Waals surface area contributed by atoms with E-state index < -0.39 is 0 Å². The van der Waals surface area contributed by atoms with Crippen molar-refractivity contribution in [1.82, 2.24) is 4.90 Å². The third kappa shape index (κ3) is 8.15. The molecule has 0 aliphatic heterocycles. The molecule has 0 saturated heterocycles. The lowest BCUT2D eigenvalue weighted by molar-refractivity contribution is -0.133. The number of hydrogen-bond donors (Lipinski definition) is 1. The molecule has 0 bridgehead atoms. The number of nitrogens with one attached hydrogen (secondary N) is 1. The summed E-state index contributed by atoms with van der Waals surface area (Å²) < 4.78 is 0. The molecule has 0 aliphatic carbocycles. The molecule has 1 atom stereocenters. The molecule has 1 amide bonds. The van der Waals surface area contributed by atoms with Gasteiger partial charge in [0.15, 0.2) is 0 Å². The van der Waals surface area contributed by atoms with Gasteiger partial charge in [-0.25, -0.2) is 0 Å². The van der Waals surface area contributed by atoms with Gasteiger partial charge in [0.2, 0.25) is 5.91 Å². The lowest BCUT2D eigenvalue weighted by Gasteiger charge is -2.19. The summed E-state index contributed by atoms with van der Waals surface area (Å²) in [7, 11) is 1.69. The Morgan fingerprint density at radius 2 is 1.88 bits per heavy atom. The van der Waals surface area contributed by atoms with Gasteiger partial charge in [0, 0.05) is 25.9 Å². The standard InChI is InChI=1S/C10H18N2O2.C2H6/c1-8(4-6-11)10(14)12(3)7-5-9(2)13;1-2/h6,8,11H,4-5,7H2,1-3H3;1-2H3. The van der Waals surface area contributed by atoms with Crippen LogP contribution in [0.2, 0.25) is 0 Å². The van der Waals surface area contributed by atoms with Crippen molar-refractivity contribution in [3.8, 4) is 0 Å². The highest BCUT2D eigenvalue weighted by molar-refractivity contribution is 5.81. The summed E-state index contributed by atoms with van der Waals surface area (Å²) in [4.78, 5) is 23.8. The molecule has 0 rings (SSSR count). The molecule has 94 valence electrons. The minimum atomic E-state index is -0.163. The molecule has 4 heteroatoms. The van der Waals surface area contributed by atoms with Crippen LogP contribution in [0.4, 0.5) is 0 Å². The van der Waals surface area contributed by atoms with Crippen LogP contribution in [0.1, 0.15) is 40.5 Å². The van der Waals surface area contributed by atoms with E-state index in [4.69, 9.17) is 5.41 Å². The molecule has 4 nitrogen and oxygen atoms in total. The minimum Gasteiger partial charge on any atom is -0.345 e. The normalized spacial score (nSPS) is 10.8. The molecular formula is C12H24N2O2. The molecule has 0 aromatic heterocycles. The highest BCUT2D eigenvalue weighted by Gasteiger charge is 2.16. The molecule has 0 aromatic carbocycles. The van der Waals surface area contributed by atoms with Crippen LogP contribution >= 0.6 is 0 Å². The average Bonchev–Trinajstić information content (AvgIpc) is 2.27. The van der Waals surface area contributed by atoms with Gasteiger partial charge in [0.05, 0.1) is 0 Å². The summed E-state index contributed by atoms with van der Waals surface area (Å²) in [6, 6.07) is 0. The molecule has 0 aromatic rings. The summed E-state index contributed by atoms with van der Waals surface area (Å²) in [6.45, 7) is 7.77. The number of amides is 1. The molecule has 1 N–H and O–H groups in total. The van der Waals surface area contributed by atoms with Crippen molar-refractivity contribution in [3.63, 3.8) is 0 Å². The first-order valence-electron chi connectivity index (χ1n) is 5.72. The fraction of sp³-hybridized carbons (Fsp3) is 0.750. The molecule has 0 radical (unpaired) electrons. The molecule has 16 heavy (non-hydrogen) atoms. The number of hydrogen-bond acceptors (Lipinski definition) is 3. The van der Waals surface area contributed by atoms with Gasteiger partial charge in [-0.05, 0) is 19.6 Å². The number of nitrogens with zero attached hydrogens (tertiary/aromatic N) is 1. The average molecular weight is 228 g/mol. The van der Waals surface area contributed by atoms with E-state index in [1.54, 1.807) is 18.9 Å². The Bertz CT molecular complexity index is 227. The van der Waals surface area contributed by atoms with Gasteiger partial charge in [-0.15, -0.1) is 0 Å². The largest absolute Gasteiger partial charge is 0.345 e. The van der Waals surface area contributed by atoms with Gasteiger partial charge < -0.3 is 10.3 Å². The summed E-state index contributed by atoms with van der Waals surface area (Å²) in [5, 5.41) is 6.89. The van der Waals surface area contributed by atoms with Gasteiger partial charge in [0.1, 0.15) is 5.78 Å². The highest BCUT2D eigenvalue weighted by atomic mass is 16.2. The summed E-state index contributed by atoms with van der Waals surface area (Å²) >= 11 is 0. The second-order valence-corrected chi connectivity index (χ2v) is 3.55. The van der Waals surface area contributed by atoms with E-state index >= 15 is 0 Å². The lowest BCUT2D eigenvalue weighted by Crippen LogP contribution is -2.33. The quantitative estimate of drug-likeness (QED) is 0.708. The van der Waals surface area contributed by atoms with Gasteiger partial charge in [0.25, 0.3) is 0 Å². The van der Waals surface area contributed by atoms with E-state index in [1.165, 1.54) is 13.1 Å². The zero-order valence-corrected chi connectivity index (χ0v) is 11.0. The highest BCUT2D eigenvalue weighted by Crippen LogP contribution is 2.04. The van der Waals surface area contributed by atoms with Crippen LogP contribution in [0.3, 0.4) is 0 Å². The molecule has 0 fully saturated rings. The summed E-state index contributed by atoms with van der Waals surface area (Å²) in [6.07, 6.45) is 2.10. The van der Waals surface area contributed by atoms with E-state index in [0.717, 1.165) is 0 Å². The Hall–Kier alpha value is -1.19. The third-order valence-electron chi connectivity index (χ3n) is 2.07. The van der Waals surface area contributed by atoms with Gasteiger partial charge in [-0.2, -0.15) is 0 Å². The van der Waals surface area contributed by atoms with Crippen LogP contribution < -0.4 is 0 Å². The van der Waals surface area contributed by atoms with Crippen molar-refractivity contribution in [1.29, 1.82) is 5.41 Å². The Morgan fingerprint density at radius 1 is 1.38 bits per heavy atom. The zero-order chi connectivity index (χ0) is 13.1. The summed E-state index contributed by atoms with van der Waals surface area (Å²) in [5.41, 5.74) is 0. The summed E-state index contributed by atoms with van der Waals surface area (Å²) in [5.74, 6) is -0.0800. The van der Waals surface area contributed by atoms with Crippen LogP contribution in [0, 0.1) is 11.3 Å². The lowest BCUT2D eigenvalue weighted by atomic mass is 10.1. The first kappa shape index (κ1) is 17.2. The predicted octanol–water partition coefficient (Wildman–Crippen LogP) is 2.13. The van der Waals surface area contributed by atoms with Gasteiger partial charge in [-0.3, -0.25) is 9.59 Å². The van der Waals surface area contributed by atoms with E-state index in [2.05, 4.69) is 0 Å². The molecule has 0 aliphatic rings. The molecule has 0 spiro atoms. The topological polar surface area (TPSA) is 61.2 Å². The van der Waals surface area contributed by atoms with Crippen LogP contribution in [0.15, 0.2) is 0 Å². The van der Waals surface area contributed by atoms with E-state index in [9.17, 15) is 9.59 Å². The van der Waals surface area contributed by atoms with Crippen molar-refractivity contribution in [2.45, 2.75) is 40.5 Å². The maximum atomic E-state index is 11.6. The van der Waals surface area contributed by atoms with Crippen LogP contribution in [-0.2, 0) is 9.59 Å².